The molecule has 0 saturated carbocycles. The highest BCUT2D eigenvalue weighted by Gasteiger charge is 2.30. The minimum absolute atomic E-state index is 0.301. The largest absolute Gasteiger partial charge is 0.385 e. The quantitative estimate of drug-likeness (QED) is 0.352. The van der Waals surface area contributed by atoms with Gasteiger partial charge in [-0.1, -0.05) is 49.4 Å². The van der Waals surface area contributed by atoms with Crippen LogP contribution < -0.4 is 0 Å². The number of carbonyl (C=O) groups is 1. The van der Waals surface area contributed by atoms with Crippen LogP contribution in [0.4, 0.5) is 0 Å². The third kappa shape index (κ3) is 5.67. The van der Waals surface area contributed by atoms with Crippen LogP contribution in [0.25, 0.3) is 10.8 Å². The molecule has 0 spiro atoms. The van der Waals surface area contributed by atoms with E-state index in [0.29, 0.717) is 24.2 Å². The monoisotopic (exact) mass is 487 g/mol. The lowest BCUT2D eigenvalue weighted by Crippen LogP contribution is -2.40. The molecular formula is C31H41N3O2. The highest BCUT2D eigenvalue weighted by molar-refractivity contribution is 5.83. The van der Waals surface area contributed by atoms with Crippen molar-refractivity contribution >= 4 is 16.7 Å². The van der Waals surface area contributed by atoms with Crippen molar-refractivity contribution in [3.63, 3.8) is 0 Å². The molecule has 0 bridgehead atoms. The number of amides is 1. The number of carbonyl (C=O) groups excluding carboxylic acids is 1. The minimum Gasteiger partial charge on any atom is -0.385 e. The van der Waals surface area contributed by atoms with Crippen molar-refractivity contribution in [2.45, 2.75) is 77.2 Å². The number of piperidine rings is 1. The van der Waals surface area contributed by atoms with Crippen LogP contribution in [0.2, 0.25) is 0 Å². The van der Waals surface area contributed by atoms with Gasteiger partial charge in [0.15, 0.2) is 0 Å². The summed E-state index contributed by atoms with van der Waals surface area (Å²) in [6, 6.07) is 15.2. The molecule has 1 fully saturated rings. The molecule has 2 aliphatic rings. The Kier molecular flexibility index (Phi) is 8.05. The van der Waals surface area contributed by atoms with E-state index < -0.39 is 0 Å². The maximum Gasteiger partial charge on any atom is 0.222 e. The molecule has 0 unspecified atom stereocenters. The average molecular weight is 488 g/mol. The second-order valence-electron chi connectivity index (χ2n) is 10.9. The van der Waals surface area contributed by atoms with Gasteiger partial charge >= 0.3 is 0 Å². The van der Waals surface area contributed by atoms with Gasteiger partial charge in [0.1, 0.15) is 5.82 Å². The van der Waals surface area contributed by atoms with Crippen LogP contribution in [0.15, 0.2) is 42.5 Å². The van der Waals surface area contributed by atoms with E-state index in [1.54, 1.807) is 7.11 Å². The Labute approximate surface area is 215 Å². The first kappa shape index (κ1) is 25.0. The van der Waals surface area contributed by atoms with E-state index in [2.05, 4.69) is 58.9 Å². The molecule has 3 aromatic rings. The SMILES string of the molecule is COCCCn1c([C@@H]2CCCN(C(=O)C[C@H](C)Cc3ccc4ccccc4c3)C2)nc2c1CCCC2. The lowest BCUT2D eigenvalue weighted by atomic mass is 9.93. The van der Waals surface area contributed by atoms with Gasteiger partial charge in [-0.25, -0.2) is 4.98 Å². The second kappa shape index (κ2) is 11.6. The lowest BCUT2D eigenvalue weighted by Gasteiger charge is -2.33. The van der Waals surface area contributed by atoms with Gasteiger partial charge in [0.25, 0.3) is 0 Å². The van der Waals surface area contributed by atoms with Gasteiger partial charge in [-0.15, -0.1) is 0 Å². The molecular weight excluding hydrogens is 446 g/mol. The number of fused-ring (bicyclic) bond motifs is 2. The molecule has 1 saturated heterocycles. The molecule has 1 aliphatic heterocycles. The molecule has 0 N–H and O–H groups in total. The average Bonchev–Trinajstić information content (AvgIpc) is 3.27. The highest BCUT2D eigenvalue weighted by atomic mass is 16.5. The molecule has 36 heavy (non-hydrogen) atoms. The van der Waals surface area contributed by atoms with E-state index in [1.807, 2.05) is 0 Å². The fraction of sp³-hybridized carbons (Fsp3) is 0.548. The summed E-state index contributed by atoms with van der Waals surface area (Å²) in [5.41, 5.74) is 4.06. The van der Waals surface area contributed by atoms with E-state index in [1.165, 1.54) is 46.4 Å². The third-order valence-electron chi connectivity index (χ3n) is 8.05. The number of methoxy groups -OCH3 is 1. The Morgan fingerprint density at radius 3 is 2.81 bits per heavy atom. The number of likely N-dealkylation sites (tertiary alicyclic amines) is 1. The summed E-state index contributed by atoms with van der Waals surface area (Å²) >= 11 is 0. The molecule has 5 heteroatoms. The Morgan fingerprint density at radius 2 is 1.94 bits per heavy atom. The summed E-state index contributed by atoms with van der Waals surface area (Å²) in [6.45, 7) is 5.64. The molecule has 1 amide bonds. The molecule has 192 valence electrons. The van der Waals surface area contributed by atoms with Crippen molar-refractivity contribution in [1.82, 2.24) is 14.5 Å². The molecule has 1 aromatic heterocycles. The van der Waals surface area contributed by atoms with Gasteiger partial charge in [-0.2, -0.15) is 0 Å². The predicted molar refractivity (Wildman–Crippen MR) is 145 cm³/mol. The standard InChI is InChI=1S/C31H41N3O2/c1-23(19-24-14-15-25-9-3-4-10-26(25)21-24)20-30(35)33-16-7-11-27(22-33)31-32-28-12-5-6-13-29(28)34(31)17-8-18-36-2/h3-4,9-10,14-15,21,23,27H,5-8,11-13,16-20,22H2,1-2H3/t23-,27-/m1/s1. The smallest absolute Gasteiger partial charge is 0.222 e. The van der Waals surface area contributed by atoms with Crippen molar-refractivity contribution in [3.8, 4) is 0 Å². The number of ether oxygens (including phenoxy) is 1. The summed E-state index contributed by atoms with van der Waals surface area (Å²) in [4.78, 5) is 20.7. The second-order valence-corrected chi connectivity index (χ2v) is 10.9. The topological polar surface area (TPSA) is 47.4 Å². The van der Waals surface area contributed by atoms with Gasteiger partial charge in [-0.05, 0) is 73.6 Å². The van der Waals surface area contributed by atoms with Crippen molar-refractivity contribution < 1.29 is 9.53 Å². The van der Waals surface area contributed by atoms with Gasteiger partial charge < -0.3 is 14.2 Å². The number of imidazole rings is 1. The number of hydrogen-bond donors (Lipinski definition) is 0. The van der Waals surface area contributed by atoms with Crippen LogP contribution in [0.1, 0.15) is 74.1 Å². The summed E-state index contributed by atoms with van der Waals surface area (Å²) in [5, 5.41) is 2.54. The Morgan fingerprint density at radius 1 is 1.11 bits per heavy atom. The van der Waals surface area contributed by atoms with Crippen molar-refractivity contribution in [1.29, 1.82) is 0 Å². The van der Waals surface area contributed by atoms with Crippen LogP contribution in [0.5, 0.6) is 0 Å². The number of nitrogens with zero attached hydrogens (tertiary/aromatic N) is 3. The zero-order valence-corrected chi connectivity index (χ0v) is 22.0. The Hall–Kier alpha value is -2.66. The minimum atomic E-state index is 0.301. The number of benzene rings is 2. The molecule has 5 rings (SSSR count). The molecule has 5 nitrogen and oxygen atoms in total. The Balaban J connectivity index is 1.23. The highest BCUT2D eigenvalue weighted by Crippen LogP contribution is 2.32. The van der Waals surface area contributed by atoms with E-state index in [9.17, 15) is 4.79 Å². The first-order valence-corrected chi connectivity index (χ1v) is 13.9. The molecule has 2 atom stereocenters. The summed E-state index contributed by atoms with van der Waals surface area (Å²) in [6.07, 6.45) is 9.47. The fourth-order valence-corrected chi connectivity index (χ4v) is 6.23. The van der Waals surface area contributed by atoms with Crippen LogP contribution >= 0.6 is 0 Å². The number of aryl methyl sites for hydroxylation is 1. The van der Waals surface area contributed by atoms with Gasteiger partial charge in [0.2, 0.25) is 5.91 Å². The summed E-state index contributed by atoms with van der Waals surface area (Å²) < 4.78 is 7.83. The number of rotatable bonds is 9. The van der Waals surface area contributed by atoms with Crippen LogP contribution in [0, 0.1) is 5.92 Å². The normalized spacial score (nSPS) is 18.8. The maximum atomic E-state index is 13.4. The van der Waals surface area contributed by atoms with E-state index in [0.717, 1.165) is 64.8 Å². The summed E-state index contributed by atoms with van der Waals surface area (Å²) in [7, 11) is 1.77. The van der Waals surface area contributed by atoms with Crippen molar-refractivity contribution in [2.75, 3.05) is 26.8 Å². The van der Waals surface area contributed by atoms with Crippen LogP contribution in [-0.2, 0) is 35.3 Å². The van der Waals surface area contributed by atoms with Gasteiger partial charge in [0, 0.05) is 51.4 Å². The molecule has 1 aliphatic carbocycles. The molecule has 0 radical (unpaired) electrons. The van der Waals surface area contributed by atoms with Gasteiger partial charge in [0.05, 0.1) is 5.69 Å². The first-order chi connectivity index (χ1) is 17.6. The molecule has 2 aromatic carbocycles. The van der Waals surface area contributed by atoms with E-state index in [-0.39, 0.29) is 0 Å². The van der Waals surface area contributed by atoms with E-state index in [4.69, 9.17) is 9.72 Å². The fourth-order valence-electron chi connectivity index (χ4n) is 6.23. The summed E-state index contributed by atoms with van der Waals surface area (Å²) in [5.74, 6) is 2.18. The van der Waals surface area contributed by atoms with E-state index >= 15 is 0 Å². The lowest BCUT2D eigenvalue weighted by molar-refractivity contribution is -0.133. The Bertz CT molecular complexity index is 1180. The third-order valence-corrected chi connectivity index (χ3v) is 8.05. The predicted octanol–water partition coefficient (Wildman–Crippen LogP) is 5.93. The van der Waals surface area contributed by atoms with Crippen LogP contribution in [-0.4, -0.2) is 47.2 Å². The zero-order valence-electron chi connectivity index (χ0n) is 22.0. The zero-order chi connectivity index (χ0) is 24.9. The van der Waals surface area contributed by atoms with Gasteiger partial charge in [-0.3, -0.25) is 4.79 Å². The number of hydrogen-bond acceptors (Lipinski definition) is 3. The van der Waals surface area contributed by atoms with Crippen LogP contribution in [0.3, 0.4) is 0 Å². The maximum absolute atomic E-state index is 13.4. The van der Waals surface area contributed by atoms with Crippen molar-refractivity contribution in [3.05, 3.63) is 65.2 Å². The number of aromatic nitrogens is 2. The van der Waals surface area contributed by atoms with Crippen molar-refractivity contribution in [2.24, 2.45) is 5.92 Å². The molecule has 2 heterocycles. The first-order valence-electron chi connectivity index (χ1n) is 13.9.